The van der Waals surface area contributed by atoms with Crippen LogP contribution in [-0.2, 0) is 16.0 Å². The van der Waals surface area contributed by atoms with E-state index in [-0.39, 0.29) is 5.78 Å². The first-order chi connectivity index (χ1) is 14.5. The van der Waals surface area contributed by atoms with E-state index in [2.05, 4.69) is 17.0 Å². The van der Waals surface area contributed by atoms with Gasteiger partial charge in [-0.2, -0.15) is 0 Å². The van der Waals surface area contributed by atoms with Gasteiger partial charge >= 0.3 is 5.97 Å². The molecule has 0 aliphatic carbocycles. The third kappa shape index (κ3) is 4.43. The molecule has 156 valence electrons. The zero-order valence-corrected chi connectivity index (χ0v) is 17.4. The zero-order valence-electron chi connectivity index (χ0n) is 17.4. The minimum atomic E-state index is -0.762. The van der Waals surface area contributed by atoms with Crippen molar-refractivity contribution in [3.63, 3.8) is 0 Å². The summed E-state index contributed by atoms with van der Waals surface area (Å²) >= 11 is 0. The quantitative estimate of drug-likeness (QED) is 0.445. The van der Waals surface area contributed by atoms with Gasteiger partial charge in [0.2, 0.25) is 0 Å². The third-order valence-corrected chi connectivity index (χ3v) is 4.96. The Morgan fingerprint density at radius 1 is 1.03 bits per heavy atom. The first-order valence-electron chi connectivity index (χ1n) is 10.00. The number of carbonyl (C=O) groups is 3. The fourth-order valence-corrected chi connectivity index (χ4v) is 3.29. The van der Waals surface area contributed by atoms with Crippen molar-refractivity contribution in [2.24, 2.45) is 0 Å². The first-order valence-corrected chi connectivity index (χ1v) is 10.00. The number of para-hydroxylation sites is 1. The standard InChI is InChI=1S/C24H25NO5/c1-4-5-9-20-21(18-8-6-7-10-19(18)30-20)22(26)16-11-13-17(14-12-16)23(27)25-15(2)24(28)29-3/h6-8,10-15H,4-5,9H2,1-3H3,(H,25,27)/t15-/m0/s1. The summed E-state index contributed by atoms with van der Waals surface area (Å²) in [4.78, 5) is 37.1. The van der Waals surface area contributed by atoms with Gasteiger partial charge in [-0.15, -0.1) is 0 Å². The van der Waals surface area contributed by atoms with Crippen molar-refractivity contribution >= 4 is 28.6 Å². The SMILES string of the molecule is CCCCc1oc2ccccc2c1C(=O)c1ccc(C(=O)N[C@@H](C)C(=O)OC)cc1. The number of nitrogens with one attached hydrogen (secondary N) is 1. The van der Waals surface area contributed by atoms with Gasteiger partial charge in [-0.05, 0) is 31.5 Å². The second kappa shape index (κ2) is 9.39. The summed E-state index contributed by atoms with van der Waals surface area (Å²) in [6.07, 6.45) is 2.62. The molecule has 3 aromatic rings. The van der Waals surface area contributed by atoms with Gasteiger partial charge in [0, 0.05) is 22.9 Å². The fourth-order valence-electron chi connectivity index (χ4n) is 3.29. The molecular formula is C24H25NO5. The van der Waals surface area contributed by atoms with Crippen LogP contribution < -0.4 is 5.32 Å². The summed E-state index contributed by atoms with van der Waals surface area (Å²) in [6, 6.07) is 13.1. The second-order valence-corrected chi connectivity index (χ2v) is 7.12. The van der Waals surface area contributed by atoms with Crippen LogP contribution in [0.2, 0.25) is 0 Å². The number of benzene rings is 2. The summed E-state index contributed by atoms with van der Waals surface area (Å²) in [5.74, 6) is -0.386. The van der Waals surface area contributed by atoms with Crippen LogP contribution in [0, 0.1) is 0 Å². The van der Waals surface area contributed by atoms with Gasteiger partial charge in [0.15, 0.2) is 5.78 Å². The van der Waals surface area contributed by atoms with Gasteiger partial charge in [-0.3, -0.25) is 9.59 Å². The minimum absolute atomic E-state index is 0.138. The van der Waals surface area contributed by atoms with Crippen LogP contribution in [0.5, 0.6) is 0 Å². The molecule has 3 rings (SSSR count). The Morgan fingerprint density at radius 3 is 2.37 bits per heavy atom. The minimum Gasteiger partial charge on any atom is -0.467 e. The number of unbranched alkanes of at least 4 members (excludes halogenated alkanes) is 1. The smallest absolute Gasteiger partial charge is 0.328 e. The van der Waals surface area contributed by atoms with Gasteiger partial charge in [0.25, 0.3) is 5.91 Å². The number of ether oxygens (including phenoxy) is 1. The van der Waals surface area contributed by atoms with Crippen LogP contribution in [0.3, 0.4) is 0 Å². The Kier molecular flexibility index (Phi) is 6.67. The molecule has 2 aromatic carbocycles. The molecule has 0 spiro atoms. The monoisotopic (exact) mass is 407 g/mol. The Balaban J connectivity index is 1.86. The number of furan rings is 1. The molecule has 0 saturated heterocycles. The predicted octanol–water partition coefficient (Wildman–Crippen LogP) is 4.30. The van der Waals surface area contributed by atoms with Crippen LogP contribution in [0.4, 0.5) is 0 Å². The van der Waals surface area contributed by atoms with E-state index in [0.29, 0.717) is 34.5 Å². The largest absolute Gasteiger partial charge is 0.467 e. The van der Waals surface area contributed by atoms with Crippen LogP contribution in [0.1, 0.15) is 58.7 Å². The van der Waals surface area contributed by atoms with Crippen molar-refractivity contribution in [1.82, 2.24) is 5.32 Å². The van der Waals surface area contributed by atoms with Crippen LogP contribution in [-0.4, -0.2) is 30.8 Å². The highest BCUT2D eigenvalue weighted by atomic mass is 16.5. The number of carbonyl (C=O) groups excluding carboxylic acids is 3. The number of fused-ring (bicyclic) bond motifs is 1. The highest BCUT2D eigenvalue weighted by molar-refractivity contribution is 6.17. The molecular weight excluding hydrogens is 382 g/mol. The van der Waals surface area contributed by atoms with Gasteiger partial charge in [-0.1, -0.05) is 43.7 Å². The Hall–Kier alpha value is -3.41. The molecule has 0 saturated carbocycles. The second-order valence-electron chi connectivity index (χ2n) is 7.12. The van der Waals surface area contributed by atoms with Crippen molar-refractivity contribution in [3.05, 3.63) is 71.0 Å². The Bertz CT molecular complexity index is 1060. The summed E-state index contributed by atoms with van der Waals surface area (Å²) in [5.41, 5.74) is 2.10. The number of amides is 1. The first kappa shape index (κ1) is 21.3. The molecule has 1 N–H and O–H groups in total. The zero-order chi connectivity index (χ0) is 21.7. The van der Waals surface area contributed by atoms with E-state index in [9.17, 15) is 14.4 Å². The molecule has 0 radical (unpaired) electrons. The Labute approximate surface area is 175 Å². The van der Waals surface area contributed by atoms with Crippen molar-refractivity contribution < 1.29 is 23.5 Å². The van der Waals surface area contributed by atoms with Crippen LogP contribution in [0.25, 0.3) is 11.0 Å². The van der Waals surface area contributed by atoms with E-state index in [1.165, 1.54) is 7.11 Å². The number of esters is 1. The highest BCUT2D eigenvalue weighted by Crippen LogP contribution is 2.29. The lowest BCUT2D eigenvalue weighted by molar-refractivity contribution is -0.142. The van der Waals surface area contributed by atoms with E-state index in [1.807, 2.05) is 24.3 Å². The van der Waals surface area contributed by atoms with Gasteiger partial charge < -0.3 is 14.5 Å². The van der Waals surface area contributed by atoms with Crippen molar-refractivity contribution in [1.29, 1.82) is 0 Å². The molecule has 1 amide bonds. The summed E-state index contributed by atoms with van der Waals surface area (Å²) in [7, 11) is 1.26. The van der Waals surface area contributed by atoms with E-state index >= 15 is 0 Å². The lowest BCUT2D eigenvalue weighted by Gasteiger charge is -2.11. The maximum absolute atomic E-state index is 13.3. The van der Waals surface area contributed by atoms with Crippen LogP contribution in [0.15, 0.2) is 52.9 Å². The molecule has 0 aliphatic rings. The van der Waals surface area contributed by atoms with E-state index < -0.39 is 17.9 Å². The van der Waals surface area contributed by atoms with E-state index in [1.54, 1.807) is 31.2 Å². The number of aryl methyl sites for hydroxylation is 1. The molecule has 0 fully saturated rings. The Morgan fingerprint density at radius 2 is 1.70 bits per heavy atom. The van der Waals surface area contributed by atoms with Crippen molar-refractivity contribution in [2.75, 3.05) is 7.11 Å². The molecule has 1 heterocycles. The lowest BCUT2D eigenvalue weighted by atomic mass is 9.97. The summed E-state index contributed by atoms with van der Waals surface area (Å²) in [6.45, 7) is 3.64. The molecule has 6 nitrogen and oxygen atoms in total. The van der Waals surface area contributed by atoms with Gasteiger partial charge in [-0.25, -0.2) is 4.79 Å². The number of rotatable bonds is 8. The average molecular weight is 407 g/mol. The molecule has 0 bridgehead atoms. The summed E-state index contributed by atoms with van der Waals surface area (Å²) in [5, 5.41) is 3.36. The maximum atomic E-state index is 13.3. The van der Waals surface area contributed by atoms with Crippen molar-refractivity contribution in [3.8, 4) is 0 Å². The molecule has 1 aromatic heterocycles. The number of methoxy groups -OCH3 is 1. The molecule has 1 atom stereocenters. The van der Waals surface area contributed by atoms with Crippen LogP contribution >= 0.6 is 0 Å². The van der Waals surface area contributed by atoms with E-state index in [4.69, 9.17) is 4.42 Å². The molecule has 0 unspecified atom stereocenters. The third-order valence-electron chi connectivity index (χ3n) is 4.96. The van der Waals surface area contributed by atoms with Gasteiger partial charge in [0.1, 0.15) is 17.4 Å². The fraction of sp³-hybridized carbons (Fsp3) is 0.292. The number of ketones is 1. The number of hydrogen-bond donors (Lipinski definition) is 1. The van der Waals surface area contributed by atoms with Gasteiger partial charge in [0.05, 0.1) is 12.7 Å². The van der Waals surface area contributed by atoms with E-state index in [0.717, 1.165) is 18.2 Å². The molecule has 0 aliphatic heterocycles. The normalized spacial score (nSPS) is 11.8. The summed E-state index contributed by atoms with van der Waals surface area (Å²) < 4.78 is 10.6. The topological polar surface area (TPSA) is 85.6 Å². The highest BCUT2D eigenvalue weighted by Gasteiger charge is 2.22. The van der Waals surface area contributed by atoms with Crippen molar-refractivity contribution in [2.45, 2.75) is 39.2 Å². The average Bonchev–Trinajstić information content (AvgIpc) is 3.14. The lowest BCUT2D eigenvalue weighted by Crippen LogP contribution is -2.39. The predicted molar refractivity (Wildman–Crippen MR) is 114 cm³/mol. The number of hydrogen-bond acceptors (Lipinski definition) is 5. The maximum Gasteiger partial charge on any atom is 0.328 e. The molecule has 6 heteroatoms. The molecule has 30 heavy (non-hydrogen) atoms.